The molecule has 3 rings (SSSR count). The van der Waals surface area contributed by atoms with Gasteiger partial charge in [0.25, 0.3) is 5.92 Å². The van der Waals surface area contributed by atoms with Crippen LogP contribution in [0.25, 0.3) is 0 Å². The Hall–Kier alpha value is -0.720. The molecule has 0 amide bonds. The van der Waals surface area contributed by atoms with E-state index in [-0.39, 0.29) is 31.2 Å². The van der Waals surface area contributed by atoms with Crippen molar-refractivity contribution >= 4 is 30.6 Å². The number of hydrogen-bond acceptors (Lipinski definition) is 4. The highest BCUT2D eigenvalue weighted by molar-refractivity contribution is 5.85. The van der Waals surface area contributed by atoms with Crippen LogP contribution < -0.4 is 10.2 Å². The van der Waals surface area contributed by atoms with Gasteiger partial charge in [-0.05, 0) is 6.42 Å². The standard InChI is InChI=1S/C12H16F2N4.2ClH/c13-12(14)1-3-16-8-11(12)2-6-18(9-11)10-7-15-4-5-17-10;;/h4-5,7,16H,1-3,6,8-9H2;2*1H. The molecule has 1 unspecified atom stereocenters. The highest BCUT2D eigenvalue weighted by atomic mass is 35.5. The van der Waals surface area contributed by atoms with E-state index in [4.69, 9.17) is 0 Å². The van der Waals surface area contributed by atoms with Crippen molar-refractivity contribution in [2.45, 2.75) is 18.8 Å². The summed E-state index contributed by atoms with van der Waals surface area (Å²) in [6.07, 6.45) is 5.25. The maximum Gasteiger partial charge on any atom is 0.257 e. The van der Waals surface area contributed by atoms with Crippen molar-refractivity contribution in [3.8, 4) is 0 Å². The lowest BCUT2D eigenvalue weighted by molar-refractivity contribution is -0.131. The van der Waals surface area contributed by atoms with E-state index in [1.165, 1.54) is 0 Å². The number of nitrogens with one attached hydrogen (secondary N) is 1. The molecule has 4 nitrogen and oxygen atoms in total. The second-order valence-electron chi connectivity index (χ2n) is 5.15. The van der Waals surface area contributed by atoms with Crippen LogP contribution in [0.5, 0.6) is 0 Å². The molecule has 1 atom stereocenters. The fraction of sp³-hybridized carbons (Fsp3) is 0.667. The highest BCUT2D eigenvalue weighted by Gasteiger charge is 2.57. The van der Waals surface area contributed by atoms with E-state index in [2.05, 4.69) is 15.3 Å². The van der Waals surface area contributed by atoms with Gasteiger partial charge >= 0.3 is 0 Å². The molecule has 3 heterocycles. The van der Waals surface area contributed by atoms with Crippen molar-refractivity contribution in [3.05, 3.63) is 18.6 Å². The molecular weight excluding hydrogens is 309 g/mol. The fourth-order valence-electron chi connectivity index (χ4n) is 2.93. The van der Waals surface area contributed by atoms with Gasteiger partial charge < -0.3 is 10.2 Å². The van der Waals surface area contributed by atoms with Crippen LogP contribution in [0.4, 0.5) is 14.6 Å². The molecule has 1 N–H and O–H groups in total. The third-order valence-electron chi connectivity index (χ3n) is 4.08. The molecule has 2 aliphatic rings. The summed E-state index contributed by atoms with van der Waals surface area (Å²) in [5.41, 5.74) is -0.942. The summed E-state index contributed by atoms with van der Waals surface area (Å²) in [7, 11) is 0. The summed E-state index contributed by atoms with van der Waals surface area (Å²) in [5.74, 6) is -1.90. The van der Waals surface area contributed by atoms with Crippen molar-refractivity contribution in [2.24, 2.45) is 5.41 Å². The number of anilines is 1. The first-order valence-corrected chi connectivity index (χ1v) is 6.23. The zero-order valence-corrected chi connectivity index (χ0v) is 12.5. The number of piperidine rings is 1. The number of rotatable bonds is 1. The summed E-state index contributed by atoms with van der Waals surface area (Å²) in [5, 5.41) is 3.10. The molecule has 114 valence electrons. The second-order valence-corrected chi connectivity index (χ2v) is 5.15. The Labute approximate surface area is 129 Å². The van der Waals surface area contributed by atoms with Crippen LogP contribution in [-0.2, 0) is 0 Å². The Morgan fingerprint density at radius 2 is 2.00 bits per heavy atom. The zero-order valence-electron chi connectivity index (χ0n) is 10.9. The van der Waals surface area contributed by atoms with Gasteiger partial charge in [-0.25, -0.2) is 13.8 Å². The van der Waals surface area contributed by atoms with Gasteiger partial charge in [-0.1, -0.05) is 0 Å². The molecule has 0 radical (unpaired) electrons. The first-order chi connectivity index (χ1) is 8.63. The van der Waals surface area contributed by atoms with E-state index < -0.39 is 11.3 Å². The van der Waals surface area contributed by atoms with Crippen LogP contribution >= 0.6 is 24.8 Å². The molecule has 0 bridgehead atoms. The van der Waals surface area contributed by atoms with E-state index in [9.17, 15) is 8.78 Å². The predicted molar refractivity (Wildman–Crippen MR) is 78.2 cm³/mol. The van der Waals surface area contributed by atoms with E-state index in [1.54, 1.807) is 18.6 Å². The molecule has 20 heavy (non-hydrogen) atoms. The first kappa shape index (κ1) is 17.3. The summed E-state index contributed by atoms with van der Waals surface area (Å²) >= 11 is 0. The van der Waals surface area contributed by atoms with Crippen molar-refractivity contribution in [3.63, 3.8) is 0 Å². The lowest BCUT2D eigenvalue weighted by atomic mass is 9.76. The quantitative estimate of drug-likeness (QED) is 0.858. The number of nitrogens with zero attached hydrogens (tertiary/aromatic N) is 3. The molecule has 1 aromatic rings. The van der Waals surface area contributed by atoms with Crippen LogP contribution in [0, 0.1) is 5.41 Å². The number of halogens is 4. The first-order valence-electron chi connectivity index (χ1n) is 6.23. The van der Waals surface area contributed by atoms with Gasteiger partial charge in [-0.15, -0.1) is 24.8 Å². The minimum atomic E-state index is -2.59. The van der Waals surface area contributed by atoms with Crippen molar-refractivity contribution in [1.29, 1.82) is 0 Å². The molecule has 2 aliphatic heterocycles. The largest absolute Gasteiger partial charge is 0.354 e. The van der Waals surface area contributed by atoms with Gasteiger partial charge in [0.05, 0.1) is 11.6 Å². The molecule has 8 heteroatoms. The zero-order chi connectivity index (χ0) is 12.6. The van der Waals surface area contributed by atoms with Crippen molar-refractivity contribution < 1.29 is 8.78 Å². The summed E-state index contributed by atoms with van der Waals surface area (Å²) < 4.78 is 28.3. The summed E-state index contributed by atoms with van der Waals surface area (Å²) in [4.78, 5) is 10.1. The van der Waals surface area contributed by atoms with Crippen LogP contribution in [0.3, 0.4) is 0 Å². The Kier molecular flexibility index (Phi) is 5.52. The van der Waals surface area contributed by atoms with Crippen molar-refractivity contribution in [1.82, 2.24) is 15.3 Å². The summed E-state index contributed by atoms with van der Waals surface area (Å²) in [6, 6.07) is 0. The molecular formula is C12H18Cl2F2N4. The maximum absolute atomic E-state index is 14.2. The maximum atomic E-state index is 14.2. The summed E-state index contributed by atoms with van der Waals surface area (Å²) in [6.45, 7) is 1.76. The normalized spacial score (nSPS) is 27.8. The number of aromatic nitrogens is 2. The van der Waals surface area contributed by atoms with Gasteiger partial charge in [0.15, 0.2) is 0 Å². The van der Waals surface area contributed by atoms with E-state index in [1.807, 2.05) is 4.90 Å². The van der Waals surface area contributed by atoms with Crippen LogP contribution in [0.2, 0.25) is 0 Å². The van der Waals surface area contributed by atoms with Crippen LogP contribution in [0.1, 0.15) is 12.8 Å². The average Bonchev–Trinajstić information content (AvgIpc) is 2.81. The predicted octanol–water partition coefficient (Wildman–Crippen LogP) is 2.15. The van der Waals surface area contributed by atoms with Crippen LogP contribution in [-0.4, -0.2) is 42.1 Å². The molecule has 1 spiro atoms. The molecule has 0 aromatic carbocycles. The third kappa shape index (κ3) is 2.82. The Morgan fingerprint density at radius 1 is 1.20 bits per heavy atom. The molecule has 2 saturated heterocycles. The number of alkyl halides is 2. The van der Waals surface area contributed by atoms with Crippen LogP contribution in [0.15, 0.2) is 18.6 Å². The smallest absolute Gasteiger partial charge is 0.257 e. The van der Waals surface area contributed by atoms with Gasteiger partial charge in [0.1, 0.15) is 5.82 Å². The SMILES string of the molecule is Cl.Cl.FC1(F)CCNCC12CCN(c1cnccn1)C2. The van der Waals surface area contributed by atoms with E-state index in [0.717, 1.165) is 0 Å². The van der Waals surface area contributed by atoms with Gasteiger partial charge in [0.2, 0.25) is 0 Å². The molecule has 0 saturated carbocycles. The Balaban J connectivity index is 0.000001000. The molecule has 0 aliphatic carbocycles. The molecule has 2 fully saturated rings. The fourth-order valence-corrected chi connectivity index (χ4v) is 2.93. The average molecular weight is 327 g/mol. The number of hydrogen-bond donors (Lipinski definition) is 1. The Bertz CT molecular complexity index is 435. The third-order valence-corrected chi connectivity index (χ3v) is 4.08. The lowest BCUT2D eigenvalue weighted by Gasteiger charge is -2.41. The monoisotopic (exact) mass is 326 g/mol. The second kappa shape index (κ2) is 6.37. The van der Waals surface area contributed by atoms with Gasteiger partial charge in [0, 0.05) is 45.0 Å². The lowest BCUT2D eigenvalue weighted by Crippen LogP contribution is -2.55. The topological polar surface area (TPSA) is 41.0 Å². The minimum Gasteiger partial charge on any atom is -0.354 e. The van der Waals surface area contributed by atoms with Gasteiger partial charge in [-0.3, -0.25) is 4.98 Å². The highest BCUT2D eigenvalue weighted by Crippen LogP contribution is 2.48. The van der Waals surface area contributed by atoms with E-state index >= 15 is 0 Å². The van der Waals surface area contributed by atoms with Crippen molar-refractivity contribution in [2.75, 3.05) is 31.1 Å². The van der Waals surface area contributed by atoms with Gasteiger partial charge in [-0.2, -0.15) is 0 Å². The molecule has 1 aromatic heterocycles. The van der Waals surface area contributed by atoms with E-state index in [0.29, 0.717) is 38.4 Å². The Morgan fingerprint density at radius 3 is 2.65 bits per heavy atom. The minimum absolute atomic E-state index is 0.